The molecule has 0 fully saturated rings. The monoisotopic (exact) mass is 315 g/mol. The van der Waals surface area contributed by atoms with Crippen molar-refractivity contribution in [1.29, 1.82) is 0 Å². The van der Waals surface area contributed by atoms with Crippen molar-refractivity contribution in [3.63, 3.8) is 0 Å². The molecule has 0 bridgehead atoms. The average molecular weight is 316 g/mol. The van der Waals surface area contributed by atoms with E-state index < -0.39 is 18.0 Å². The molecule has 0 aromatic heterocycles. The lowest BCUT2D eigenvalue weighted by molar-refractivity contribution is -0.125. The Morgan fingerprint density at radius 1 is 1.38 bits per heavy atom. The fourth-order valence-electron chi connectivity index (χ4n) is 1.47. The molecular formula is C14H18ClNO5. The molecule has 0 radical (unpaired) electrons. The smallest absolute Gasteiger partial charge is 0.339 e. The van der Waals surface area contributed by atoms with E-state index in [0.29, 0.717) is 18.1 Å². The summed E-state index contributed by atoms with van der Waals surface area (Å²) in [5, 5.41) is 0.224. The molecule has 7 heteroatoms. The van der Waals surface area contributed by atoms with Gasteiger partial charge in [-0.25, -0.2) is 4.79 Å². The summed E-state index contributed by atoms with van der Waals surface area (Å²) < 4.78 is 15.5. The fraction of sp³-hybridized carbons (Fsp3) is 0.429. The summed E-state index contributed by atoms with van der Waals surface area (Å²) in [6.07, 6.45) is -0.224. The molecule has 1 atom stereocenters. The number of methoxy groups -OCH3 is 1. The molecule has 0 heterocycles. The van der Waals surface area contributed by atoms with Gasteiger partial charge in [-0.15, -0.1) is 0 Å². The van der Waals surface area contributed by atoms with Crippen molar-refractivity contribution >= 4 is 23.5 Å². The summed E-state index contributed by atoms with van der Waals surface area (Å²) in [5.41, 5.74) is 5.19. The number of carbonyl (C=O) groups excluding carboxylic acids is 2. The summed E-state index contributed by atoms with van der Waals surface area (Å²) in [6.45, 7) is 3.81. The third-order valence-electron chi connectivity index (χ3n) is 2.60. The van der Waals surface area contributed by atoms with E-state index in [0.717, 1.165) is 6.42 Å². The van der Waals surface area contributed by atoms with Gasteiger partial charge in [-0.3, -0.25) is 4.79 Å². The Bertz CT molecular complexity index is 532. The minimum Gasteiger partial charge on any atom is -0.493 e. The SMILES string of the molecule is CCCOc1c(Cl)cc(C(=O)O[C@H](C)C(N)=O)cc1OC. The minimum atomic E-state index is -1.03. The highest BCUT2D eigenvalue weighted by Crippen LogP contribution is 2.36. The Kier molecular flexibility index (Phi) is 6.30. The first kappa shape index (κ1) is 17.1. The number of nitrogens with two attached hydrogens (primary N) is 1. The highest BCUT2D eigenvalue weighted by molar-refractivity contribution is 6.32. The van der Waals surface area contributed by atoms with Gasteiger partial charge in [-0.05, 0) is 25.5 Å². The van der Waals surface area contributed by atoms with Crippen molar-refractivity contribution < 1.29 is 23.8 Å². The molecule has 1 amide bonds. The second-order valence-corrected chi connectivity index (χ2v) is 4.70. The lowest BCUT2D eigenvalue weighted by atomic mass is 10.2. The van der Waals surface area contributed by atoms with E-state index in [9.17, 15) is 9.59 Å². The first-order valence-corrected chi connectivity index (χ1v) is 6.79. The van der Waals surface area contributed by atoms with Crippen LogP contribution in [-0.2, 0) is 9.53 Å². The van der Waals surface area contributed by atoms with Gasteiger partial charge in [0.15, 0.2) is 17.6 Å². The minimum absolute atomic E-state index is 0.147. The molecule has 0 unspecified atom stereocenters. The van der Waals surface area contributed by atoms with Gasteiger partial charge < -0.3 is 19.9 Å². The van der Waals surface area contributed by atoms with Crippen molar-refractivity contribution in [2.75, 3.05) is 13.7 Å². The Labute approximate surface area is 128 Å². The van der Waals surface area contributed by atoms with Crippen molar-refractivity contribution in [2.24, 2.45) is 5.73 Å². The van der Waals surface area contributed by atoms with Crippen LogP contribution < -0.4 is 15.2 Å². The van der Waals surface area contributed by atoms with Gasteiger partial charge in [-0.2, -0.15) is 0 Å². The zero-order valence-electron chi connectivity index (χ0n) is 12.1. The molecule has 116 valence electrons. The highest BCUT2D eigenvalue weighted by Gasteiger charge is 2.20. The number of hydrogen-bond donors (Lipinski definition) is 1. The van der Waals surface area contributed by atoms with E-state index in [1.54, 1.807) is 0 Å². The zero-order chi connectivity index (χ0) is 16.0. The molecule has 0 saturated heterocycles. The van der Waals surface area contributed by atoms with Crippen LogP contribution in [0.15, 0.2) is 12.1 Å². The molecule has 0 aliphatic heterocycles. The molecule has 21 heavy (non-hydrogen) atoms. The summed E-state index contributed by atoms with van der Waals surface area (Å²) >= 11 is 6.09. The number of ether oxygens (including phenoxy) is 3. The second-order valence-electron chi connectivity index (χ2n) is 4.29. The predicted octanol–water partition coefficient (Wildman–Crippen LogP) is 2.17. The van der Waals surface area contributed by atoms with Crippen molar-refractivity contribution in [1.82, 2.24) is 0 Å². The van der Waals surface area contributed by atoms with E-state index >= 15 is 0 Å². The van der Waals surface area contributed by atoms with E-state index in [1.165, 1.54) is 26.2 Å². The lowest BCUT2D eigenvalue weighted by Gasteiger charge is -2.14. The second kappa shape index (κ2) is 7.73. The molecule has 1 aromatic rings. The van der Waals surface area contributed by atoms with Gasteiger partial charge in [0.05, 0.1) is 24.3 Å². The number of rotatable bonds is 7. The Morgan fingerprint density at radius 3 is 2.57 bits per heavy atom. The topological polar surface area (TPSA) is 87.9 Å². The predicted molar refractivity (Wildman–Crippen MR) is 77.9 cm³/mol. The zero-order valence-corrected chi connectivity index (χ0v) is 12.9. The van der Waals surface area contributed by atoms with E-state index in [-0.39, 0.29) is 10.6 Å². The van der Waals surface area contributed by atoms with Crippen molar-refractivity contribution in [2.45, 2.75) is 26.4 Å². The highest BCUT2D eigenvalue weighted by atomic mass is 35.5. The van der Waals surface area contributed by atoms with Gasteiger partial charge >= 0.3 is 5.97 Å². The Balaban J connectivity index is 3.02. The van der Waals surface area contributed by atoms with E-state index in [4.69, 9.17) is 31.5 Å². The van der Waals surface area contributed by atoms with Gasteiger partial charge in [0, 0.05) is 0 Å². The van der Waals surface area contributed by atoms with E-state index in [1.807, 2.05) is 6.92 Å². The van der Waals surface area contributed by atoms with E-state index in [2.05, 4.69) is 0 Å². The molecule has 0 aliphatic carbocycles. The van der Waals surface area contributed by atoms with Crippen LogP contribution in [0.25, 0.3) is 0 Å². The van der Waals surface area contributed by atoms with Crippen LogP contribution in [0, 0.1) is 0 Å². The normalized spacial score (nSPS) is 11.6. The average Bonchev–Trinajstić information content (AvgIpc) is 2.44. The van der Waals surface area contributed by atoms with Crippen molar-refractivity contribution in [3.05, 3.63) is 22.7 Å². The molecule has 0 saturated carbocycles. The van der Waals surface area contributed by atoms with Crippen LogP contribution in [-0.4, -0.2) is 31.7 Å². The quantitative estimate of drug-likeness (QED) is 0.779. The number of benzene rings is 1. The largest absolute Gasteiger partial charge is 0.493 e. The number of hydrogen-bond acceptors (Lipinski definition) is 5. The maximum Gasteiger partial charge on any atom is 0.339 e. The number of esters is 1. The third kappa shape index (κ3) is 4.53. The molecular weight excluding hydrogens is 298 g/mol. The van der Waals surface area contributed by atoms with Crippen molar-refractivity contribution in [3.8, 4) is 11.5 Å². The maximum absolute atomic E-state index is 11.9. The van der Waals surface area contributed by atoms with Gasteiger partial charge in [0.1, 0.15) is 0 Å². The van der Waals surface area contributed by atoms with Crippen LogP contribution in [0.4, 0.5) is 0 Å². The summed E-state index contributed by atoms with van der Waals surface area (Å²) in [5.74, 6) is -0.775. The van der Waals surface area contributed by atoms with Crippen LogP contribution >= 0.6 is 11.6 Å². The summed E-state index contributed by atoms with van der Waals surface area (Å²) in [7, 11) is 1.44. The third-order valence-corrected chi connectivity index (χ3v) is 2.88. The molecule has 2 N–H and O–H groups in total. The number of carbonyl (C=O) groups is 2. The molecule has 0 aliphatic rings. The standard InChI is InChI=1S/C14H18ClNO5/c1-4-5-20-12-10(15)6-9(7-11(12)19-3)14(18)21-8(2)13(16)17/h6-8H,4-5H2,1-3H3,(H2,16,17)/t8-/m1/s1. The number of amides is 1. The van der Waals surface area contributed by atoms with Gasteiger partial charge in [-0.1, -0.05) is 18.5 Å². The maximum atomic E-state index is 11.9. The number of primary amides is 1. The first-order chi connectivity index (χ1) is 9.90. The number of halogens is 1. The lowest BCUT2D eigenvalue weighted by Crippen LogP contribution is -2.30. The fourth-order valence-corrected chi connectivity index (χ4v) is 1.73. The molecule has 1 rings (SSSR count). The molecule has 0 spiro atoms. The first-order valence-electron chi connectivity index (χ1n) is 6.41. The van der Waals surface area contributed by atoms with Gasteiger partial charge in [0.25, 0.3) is 5.91 Å². The Hall–Kier alpha value is -1.95. The molecule has 6 nitrogen and oxygen atoms in total. The Morgan fingerprint density at radius 2 is 2.05 bits per heavy atom. The molecule has 1 aromatic carbocycles. The summed E-state index contributed by atoms with van der Waals surface area (Å²) in [4.78, 5) is 22.8. The van der Waals surface area contributed by atoms with Gasteiger partial charge in [0.2, 0.25) is 0 Å². The van der Waals surface area contributed by atoms with Crippen LogP contribution in [0.3, 0.4) is 0 Å². The van der Waals surface area contributed by atoms with Crippen LogP contribution in [0.2, 0.25) is 5.02 Å². The van der Waals surface area contributed by atoms with Crippen LogP contribution in [0.1, 0.15) is 30.6 Å². The van der Waals surface area contributed by atoms with Crippen LogP contribution in [0.5, 0.6) is 11.5 Å². The summed E-state index contributed by atoms with van der Waals surface area (Å²) in [6, 6.07) is 2.83.